The van der Waals surface area contributed by atoms with Gasteiger partial charge in [-0.15, -0.1) is 21.5 Å². The molecule has 0 saturated carbocycles. The summed E-state index contributed by atoms with van der Waals surface area (Å²) < 4.78 is 0. The monoisotopic (exact) mass is 381 g/mol. The second-order valence-corrected chi connectivity index (χ2v) is 7.04. The number of aryl methyl sites for hydroxylation is 1. The lowest BCUT2D eigenvalue weighted by Gasteiger charge is -2.35. The third-order valence-electron chi connectivity index (χ3n) is 4.43. The van der Waals surface area contributed by atoms with Crippen molar-refractivity contribution in [3.63, 3.8) is 0 Å². The highest BCUT2D eigenvalue weighted by Gasteiger charge is 2.25. The smallest absolute Gasteiger partial charge is 0.265 e. The van der Waals surface area contributed by atoms with Gasteiger partial charge in [-0.05, 0) is 31.2 Å². The summed E-state index contributed by atoms with van der Waals surface area (Å²) in [4.78, 5) is 25.5. The Morgan fingerprint density at radius 3 is 2.48 bits per heavy atom. The first-order chi connectivity index (χ1) is 13.2. The van der Waals surface area contributed by atoms with Crippen molar-refractivity contribution in [3.8, 4) is 0 Å². The summed E-state index contributed by atoms with van der Waals surface area (Å²) in [6.07, 6.45) is 3.44. The number of nitrogens with zero attached hydrogens (tertiary/aromatic N) is 6. The van der Waals surface area contributed by atoms with Crippen LogP contribution in [0.1, 0.15) is 15.4 Å². The Morgan fingerprint density at radius 2 is 1.85 bits per heavy atom. The Morgan fingerprint density at radius 1 is 1.07 bits per heavy atom. The molecule has 27 heavy (non-hydrogen) atoms. The van der Waals surface area contributed by atoms with Gasteiger partial charge < -0.3 is 15.1 Å². The zero-order valence-corrected chi connectivity index (χ0v) is 15.7. The Balaban J connectivity index is 1.35. The number of piperazine rings is 1. The minimum atomic E-state index is 0.0673. The maximum atomic E-state index is 12.6. The summed E-state index contributed by atoms with van der Waals surface area (Å²) in [5.74, 6) is 1.56. The summed E-state index contributed by atoms with van der Waals surface area (Å²) in [5, 5.41) is 11.8. The molecule has 1 amide bonds. The Kier molecular flexibility index (Phi) is 4.93. The summed E-state index contributed by atoms with van der Waals surface area (Å²) in [6.45, 7) is 4.66. The van der Waals surface area contributed by atoms with Crippen molar-refractivity contribution in [1.29, 1.82) is 0 Å². The SMILES string of the molecule is Cc1ncsc1C(=O)N1CCN(c2ccc(Nc3ccncc3)nn2)CC1. The summed E-state index contributed by atoms with van der Waals surface area (Å²) in [7, 11) is 0. The second-order valence-electron chi connectivity index (χ2n) is 6.18. The van der Waals surface area contributed by atoms with Crippen molar-refractivity contribution < 1.29 is 4.79 Å². The third-order valence-corrected chi connectivity index (χ3v) is 5.35. The van der Waals surface area contributed by atoms with Crippen molar-refractivity contribution in [2.75, 3.05) is 36.4 Å². The number of rotatable bonds is 4. The highest BCUT2D eigenvalue weighted by molar-refractivity contribution is 7.11. The fourth-order valence-electron chi connectivity index (χ4n) is 2.93. The molecule has 3 aromatic rings. The number of hydrogen-bond acceptors (Lipinski definition) is 8. The fourth-order valence-corrected chi connectivity index (χ4v) is 3.70. The van der Waals surface area contributed by atoms with Crippen LogP contribution in [0.25, 0.3) is 0 Å². The molecule has 4 heterocycles. The third kappa shape index (κ3) is 3.87. The lowest BCUT2D eigenvalue weighted by Crippen LogP contribution is -2.49. The summed E-state index contributed by atoms with van der Waals surface area (Å²) in [5.41, 5.74) is 3.43. The van der Waals surface area contributed by atoms with Crippen LogP contribution in [-0.4, -0.2) is 57.2 Å². The molecule has 0 radical (unpaired) electrons. The van der Waals surface area contributed by atoms with Crippen LogP contribution in [-0.2, 0) is 0 Å². The van der Waals surface area contributed by atoms with E-state index in [0.717, 1.165) is 35.2 Å². The first-order valence-electron chi connectivity index (χ1n) is 8.66. The number of nitrogens with one attached hydrogen (secondary N) is 1. The molecule has 0 bridgehead atoms. The Bertz CT molecular complexity index is 905. The van der Waals surface area contributed by atoms with Gasteiger partial charge in [-0.1, -0.05) is 0 Å². The van der Waals surface area contributed by atoms with Gasteiger partial charge in [0.05, 0.1) is 11.2 Å². The van der Waals surface area contributed by atoms with Crippen molar-refractivity contribution in [3.05, 3.63) is 52.7 Å². The number of pyridine rings is 1. The van der Waals surface area contributed by atoms with Gasteiger partial charge >= 0.3 is 0 Å². The molecule has 3 aromatic heterocycles. The van der Waals surface area contributed by atoms with Crippen LogP contribution >= 0.6 is 11.3 Å². The molecule has 8 nitrogen and oxygen atoms in total. The van der Waals surface area contributed by atoms with Crippen LogP contribution in [0, 0.1) is 6.92 Å². The van der Waals surface area contributed by atoms with Crippen molar-refractivity contribution in [1.82, 2.24) is 25.1 Å². The molecule has 138 valence electrons. The van der Waals surface area contributed by atoms with E-state index in [2.05, 4.69) is 30.4 Å². The van der Waals surface area contributed by atoms with E-state index < -0.39 is 0 Å². The first kappa shape index (κ1) is 17.3. The van der Waals surface area contributed by atoms with Gasteiger partial charge in [0.1, 0.15) is 4.88 Å². The lowest BCUT2D eigenvalue weighted by molar-refractivity contribution is 0.0750. The summed E-state index contributed by atoms with van der Waals surface area (Å²) in [6, 6.07) is 7.59. The highest BCUT2D eigenvalue weighted by atomic mass is 32.1. The van der Waals surface area contributed by atoms with Crippen molar-refractivity contribution in [2.24, 2.45) is 0 Å². The van der Waals surface area contributed by atoms with Gasteiger partial charge in [-0.3, -0.25) is 9.78 Å². The largest absolute Gasteiger partial charge is 0.352 e. The number of hydrogen-bond donors (Lipinski definition) is 1. The molecular formula is C18H19N7OS. The van der Waals surface area contributed by atoms with E-state index in [9.17, 15) is 4.79 Å². The molecule has 1 aliphatic heterocycles. The predicted molar refractivity (Wildman–Crippen MR) is 105 cm³/mol. The zero-order valence-electron chi connectivity index (χ0n) is 14.9. The van der Waals surface area contributed by atoms with E-state index in [4.69, 9.17) is 0 Å². The number of aromatic nitrogens is 4. The lowest BCUT2D eigenvalue weighted by atomic mass is 10.2. The molecular weight excluding hydrogens is 362 g/mol. The van der Waals surface area contributed by atoms with Crippen LogP contribution in [0.15, 0.2) is 42.2 Å². The van der Waals surface area contributed by atoms with Crippen LogP contribution in [0.5, 0.6) is 0 Å². The zero-order chi connectivity index (χ0) is 18.6. The molecule has 1 fully saturated rings. The molecule has 0 aromatic carbocycles. The van der Waals surface area contributed by atoms with E-state index in [1.165, 1.54) is 11.3 Å². The van der Waals surface area contributed by atoms with E-state index in [-0.39, 0.29) is 5.91 Å². The van der Waals surface area contributed by atoms with Gasteiger partial charge in [0.25, 0.3) is 5.91 Å². The molecule has 9 heteroatoms. The molecule has 1 N–H and O–H groups in total. The molecule has 0 aliphatic carbocycles. The normalized spacial score (nSPS) is 14.3. The first-order valence-corrected chi connectivity index (χ1v) is 9.54. The molecule has 4 rings (SSSR count). The van der Waals surface area contributed by atoms with Gasteiger partial charge in [0, 0.05) is 44.3 Å². The number of amides is 1. The maximum Gasteiger partial charge on any atom is 0.265 e. The number of anilines is 3. The average Bonchev–Trinajstić information content (AvgIpc) is 3.15. The minimum absolute atomic E-state index is 0.0673. The van der Waals surface area contributed by atoms with Crippen LogP contribution in [0.2, 0.25) is 0 Å². The van der Waals surface area contributed by atoms with Gasteiger partial charge in [0.15, 0.2) is 11.6 Å². The van der Waals surface area contributed by atoms with E-state index in [1.807, 2.05) is 36.1 Å². The van der Waals surface area contributed by atoms with Crippen LogP contribution < -0.4 is 10.2 Å². The predicted octanol–water partition coefficient (Wildman–Crippen LogP) is 2.34. The standard InChI is InChI=1S/C18H19N7OS/c1-13-17(27-12-20-13)18(26)25-10-8-24(9-11-25)16-3-2-15(22-23-16)21-14-4-6-19-7-5-14/h2-7,12H,8-11H2,1H3,(H,19,21,22). The van der Waals surface area contributed by atoms with E-state index in [1.54, 1.807) is 17.9 Å². The molecule has 0 spiro atoms. The average molecular weight is 381 g/mol. The molecule has 0 unspecified atom stereocenters. The Labute approximate surface area is 160 Å². The van der Waals surface area contributed by atoms with Crippen molar-refractivity contribution >= 4 is 34.6 Å². The van der Waals surface area contributed by atoms with Gasteiger partial charge in [0.2, 0.25) is 0 Å². The number of carbonyl (C=O) groups is 1. The van der Waals surface area contributed by atoms with Crippen LogP contribution in [0.4, 0.5) is 17.3 Å². The molecule has 0 atom stereocenters. The quantitative estimate of drug-likeness (QED) is 0.742. The molecule has 1 saturated heterocycles. The Hall–Kier alpha value is -3.07. The summed E-state index contributed by atoms with van der Waals surface area (Å²) >= 11 is 1.40. The van der Waals surface area contributed by atoms with Crippen molar-refractivity contribution in [2.45, 2.75) is 6.92 Å². The fraction of sp³-hybridized carbons (Fsp3) is 0.278. The highest BCUT2D eigenvalue weighted by Crippen LogP contribution is 2.19. The number of carbonyl (C=O) groups excluding carboxylic acids is 1. The van der Waals surface area contributed by atoms with Gasteiger partial charge in [-0.25, -0.2) is 4.98 Å². The second kappa shape index (κ2) is 7.67. The van der Waals surface area contributed by atoms with E-state index >= 15 is 0 Å². The van der Waals surface area contributed by atoms with Crippen LogP contribution in [0.3, 0.4) is 0 Å². The maximum absolute atomic E-state index is 12.6. The van der Waals surface area contributed by atoms with Gasteiger partial charge in [-0.2, -0.15) is 0 Å². The molecule has 1 aliphatic rings. The topological polar surface area (TPSA) is 87.1 Å². The minimum Gasteiger partial charge on any atom is -0.352 e. The van der Waals surface area contributed by atoms with E-state index in [0.29, 0.717) is 18.9 Å². The number of thiazole rings is 1.